The molecule has 1 rings (SSSR count). The van der Waals surface area contributed by atoms with Crippen molar-refractivity contribution in [1.29, 1.82) is 0 Å². The predicted molar refractivity (Wildman–Crippen MR) is 116 cm³/mol. The van der Waals surface area contributed by atoms with Crippen LogP contribution >= 0.6 is 11.8 Å². The predicted octanol–water partition coefficient (Wildman–Crippen LogP) is 5.81. The normalized spacial score (nSPS) is 12.6. The van der Waals surface area contributed by atoms with Gasteiger partial charge in [0, 0.05) is 5.75 Å². The van der Waals surface area contributed by atoms with Crippen molar-refractivity contribution in [2.75, 3.05) is 18.1 Å². The van der Waals surface area contributed by atoms with Crippen LogP contribution in [0, 0.1) is 6.92 Å². The molecule has 0 saturated carbocycles. The molecule has 156 valence electrons. The summed E-state index contributed by atoms with van der Waals surface area (Å²) in [5, 5.41) is 11.5. The van der Waals surface area contributed by atoms with Crippen LogP contribution in [0.2, 0.25) is 0 Å². The van der Waals surface area contributed by atoms with Crippen molar-refractivity contribution in [2.24, 2.45) is 0 Å². The van der Waals surface area contributed by atoms with Crippen molar-refractivity contribution in [2.45, 2.75) is 110 Å². The molecule has 0 aliphatic rings. The lowest BCUT2D eigenvalue weighted by Gasteiger charge is -2.13. The lowest BCUT2D eigenvalue weighted by Crippen LogP contribution is -2.19. The van der Waals surface area contributed by atoms with Gasteiger partial charge in [-0.25, -0.2) is 4.68 Å². The molecule has 1 unspecified atom stereocenters. The molecule has 0 aliphatic carbocycles. The van der Waals surface area contributed by atoms with Crippen LogP contribution in [0.5, 0.6) is 0 Å². The zero-order valence-electron chi connectivity index (χ0n) is 17.7. The zero-order chi connectivity index (χ0) is 19.6. The van der Waals surface area contributed by atoms with Gasteiger partial charge in [0.2, 0.25) is 0 Å². The average Bonchev–Trinajstić information content (AvgIpc) is 3.10. The first-order valence-corrected chi connectivity index (χ1v) is 12.4. The molecule has 0 bridgehead atoms. The Bertz CT molecular complexity index is 438. The lowest BCUT2D eigenvalue weighted by molar-refractivity contribution is 0.477. The number of rotatable bonds is 19. The number of aromatic nitrogens is 4. The van der Waals surface area contributed by atoms with Crippen LogP contribution in [0.1, 0.15) is 109 Å². The summed E-state index contributed by atoms with van der Waals surface area (Å²) in [6, 6.07) is -0.00311. The van der Waals surface area contributed by atoms with Crippen LogP contribution in [0.15, 0.2) is 0 Å². The molecule has 27 heavy (non-hydrogen) atoms. The number of hydrogen-bond donors (Lipinski definition) is 0. The third kappa shape index (κ3) is 12.5. The Labute approximate surface area is 171 Å². The monoisotopic (exact) mass is 395 g/mol. The fourth-order valence-electron chi connectivity index (χ4n) is 3.39. The molecule has 0 amide bonds. The smallest absolute Gasteiger partial charge is 0.148 e. The summed E-state index contributed by atoms with van der Waals surface area (Å²) < 4.78 is 1.73. The summed E-state index contributed by atoms with van der Waals surface area (Å²) in [4.78, 5) is 0. The minimum atomic E-state index is -0.00311. The average molecular weight is 396 g/mol. The molecule has 5 nitrogen and oxygen atoms in total. The zero-order valence-corrected chi connectivity index (χ0v) is 18.6. The molecule has 1 aromatic rings. The molecular formula is C21H41N5S. The number of aryl methyl sites for hydroxylation is 1. The molecule has 1 aromatic heterocycles. The van der Waals surface area contributed by atoms with E-state index in [1.807, 2.05) is 18.7 Å². The standard InChI is InChI=1S/C21H41N5S/c1-3-4-5-6-7-8-9-10-11-12-13-14-15-16-17-27-19-21(18-22)26-20(2)23-24-25-26/h21H,3-19H2,1-2H3. The van der Waals surface area contributed by atoms with Gasteiger partial charge in [-0.15, -0.1) is 10.8 Å². The van der Waals surface area contributed by atoms with Crippen molar-refractivity contribution >= 4 is 11.8 Å². The van der Waals surface area contributed by atoms with Gasteiger partial charge in [-0.3, -0.25) is 0 Å². The molecule has 0 N–H and O–H groups in total. The fraction of sp³-hybridized carbons (Fsp3) is 0.952. The van der Waals surface area contributed by atoms with Crippen LogP contribution in [0.4, 0.5) is 0 Å². The quantitative estimate of drug-likeness (QED) is 0.277. The third-order valence-electron chi connectivity index (χ3n) is 5.17. The highest BCUT2D eigenvalue weighted by Gasteiger charge is 2.14. The van der Waals surface area contributed by atoms with Crippen molar-refractivity contribution in [3.05, 3.63) is 5.82 Å². The Morgan fingerprint density at radius 1 is 0.852 bits per heavy atom. The van der Waals surface area contributed by atoms with Crippen LogP contribution in [0.3, 0.4) is 0 Å². The largest absolute Gasteiger partial charge is 0.225 e. The van der Waals surface area contributed by atoms with Gasteiger partial charge in [-0.1, -0.05) is 90.4 Å². The highest BCUT2D eigenvalue weighted by molar-refractivity contribution is 7.99. The van der Waals surface area contributed by atoms with E-state index in [1.54, 1.807) is 4.68 Å². The Balaban J connectivity index is 1.82. The van der Waals surface area contributed by atoms with Gasteiger partial charge in [-0.2, -0.15) is 11.8 Å². The number of hydrogen-bond acceptors (Lipinski definition) is 4. The van der Waals surface area contributed by atoms with Crippen molar-refractivity contribution < 1.29 is 0 Å². The van der Waals surface area contributed by atoms with Crippen LogP contribution in [0.25, 0.3) is 0 Å². The Hall–Kier alpha value is -0.620. The van der Waals surface area contributed by atoms with Crippen molar-refractivity contribution in [3.8, 4) is 0 Å². The SMILES string of the molecule is CCCCCCCCCCCCCCCCSCC(C[N])n1nnnc1C. The van der Waals surface area contributed by atoms with Gasteiger partial charge in [-0.05, 0) is 29.5 Å². The van der Waals surface area contributed by atoms with Crippen LogP contribution < -0.4 is 5.73 Å². The topological polar surface area (TPSA) is 65.9 Å². The van der Waals surface area contributed by atoms with Gasteiger partial charge in [0.25, 0.3) is 0 Å². The van der Waals surface area contributed by atoms with Gasteiger partial charge in [0.15, 0.2) is 0 Å². The van der Waals surface area contributed by atoms with Gasteiger partial charge >= 0.3 is 0 Å². The van der Waals surface area contributed by atoms with E-state index in [2.05, 4.69) is 22.4 Å². The highest BCUT2D eigenvalue weighted by Crippen LogP contribution is 2.17. The van der Waals surface area contributed by atoms with E-state index in [0.29, 0.717) is 0 Å². The Kier molecular flexibility index (Phi) is 15.8. The Morgan fingerprint density at radius 3 is 1.81 bits per heavy atom. The Morgan fingerprint density at radius 2 is 1.37 bits per heavy atom. The molecule has 1 atom stereocenters. The molecule has 0 aromatic carbocycles. The number of tetrazole rings is 1. The second-order valence-corrected chi connectivity index (χ2v) is 8.83. The first-order chi connectivity index (χ1) is 13.3. The van der Waals surface area contributed by atoms with Crippen LogP contribution in [-0.4, -0.2) is 38.3 Å². The fourth-order valence-corrected chi connectivity index (χ4v) is 4.49. The minimum Gasteiger partial charge on any atom is -0.225 e. The van der Waals surface area contributed by atoms with E-state index in [4.69, 9.17) is 0 Å². The minimum absolute atomic E-state index is 0.00311. The van der Waals surface area contributed by atoms with Crippen molar-refractivity contribution in [3.63, 3.8) is 0 Å². The molecular weight excluding hydrogens is 354 g/mol. The highest BCUT2D eigenvalue weighted by atomic mass is 32.2. The molecule has 1 heterocycles. The van der Waals surface area contributed by atoms with E-state index in [9.17, 15) is 5.73 Å². The molecule has 0 spiro atoms. The number of nitrogens with zero attached hydrogens (tertiary/aromatic N) is 5. The second-order valence-electron chi connectivity index (χ2n) is 7.68. The lowest BCUT2D eigenvalue weighted by atomic mass is 10.0. The maximum absolute atomic E-state index is 9.52. The van der Waals surface area contributed by atoms with E-state index in [-0.39, 0.29) is 12.6 Å². The molecule has 0 saturated heterocycles. The maximum atomic E-state index is 9.52. The second kappa shape index (κ2) is 17.5. The molecule has 0 aliphatic heterocycles. The molecule has 6 heteroatoms. The van der Waals surface area contributed by atoms with Gasteiger partial charge in [0.1, 0.15) is 5.82 Å². The first kappa shape index (κ1) is 24.4. The number of thioether (sulfide) groups is 1. The summed E-state index contributed by atoms with van der Waals surface area (Å²) in [5.74, 6) is 2.81. The van der Waals surface area contributed by atoms with Gasteiger partial charge in [0.05, 0.1) is 12.6 Å². The maximum Gasteiger partial charge on any atom is 0.148 e. The summed E-state index contributed by atoms with van der Waals surface area (Å²) >= 11 is 1.90. The van der Waals surface area contributed by atoms with E-state index >= 15 is 0 Å². The summed E-state index contributed by atoms with van der Waals surface area (Å²) in [6.45, 7) is 4.25. The van der Waals surface area contributed by atoms with Gasteiger partial charge < -0.3 is 0 Å². The van der Waals surface area contributed by atoms with Crippen LogP contribution in [-0.2, 0) is 0 Å². The third-order valence-corrected chi connectivity index (χ3v) is 6.36. The van der Waals surface area contributed by atoms with E-state index in [0.717, 1.165) is 17.3 Å². The summed E-state index contributed by atoms with van der Waals surface area (Å²) in [6.07, 6.45) is 19.6. The van der Waals surface area contributed by atoms with Crippen molar-refractivity contribution in [1.82, 2.24) is 25.9 Å². The molecule has 0 fully saturated rings. The summed E-state index contributed by atoms with van der Waals surface area (Å²) in [7, 11) is 0. The van der Waals surface area contributed by atoms with E-state index in [1.165, 1.54) is 89.9 Å². The first-order valence-electron chi connectivity index (χ1n) is 11.2. The summed E-state index contributed by atoms with van der Waals surface area (Å²) in [5.41, 5.74) is 9.52. The van der Waals surface area contributed by atoms with E-state index < -0.39 is 0 Å². The number of unbranched alkanes of at least 4 members (excludes halogenated alkanes) is 13. The molecule has 2 radical (unpaired) electrons.